The minimum atomic E-state index is -5.93. The van der Waals surface area contributed by atoms with Crippen molar-refractivity contribution in [1.82, 2.24) is 4.98 Å². The summed E-state index contributed by atoms with van der Waals surface area (Å²) in [6.07, 6.45) is 0.993. The van der Waals surface area contributed by atoms with Crippen molar-refractivity contribution in [2.24, 2.45) is 0 Å². The van der Waals surface area contributed by atoms with Crippen molar-refractivity contribution < 1.29 is 30.6 Å². The molecule has 1 aromatic heterocycles. The number of pyridine rings is 1. The van der Waals surface area contributed by atoms with Crippen LogP contribution in [0.3, 0.4) is 0 Å². The zero-order chi connectivity index (χ0) is 18.8. The summed E-state index contributed by atoms with van der Waals surface area (Å²) in [6, 6.07) is 7.37. The molecule has 2 aromatic rings. The van der Waals surface area contributed by atoms with E-state index in [1.54, 1.807) is 24.3 Å². The highest BCUT2D eigenvalue weighted by atomic mass is 127. The van der Waals surface area contributed by atoms with Gasteiger partial charge in [-0.2, -0.15) is 21.6 Å². The molecule has 0 saturated heterocycles. The monoisotopic (exact) mass is 550 g/mol. The topological polar surface area (TPSA) is 85.4 Å². The summed E-state index contributed by atoms with van der Waals surface area (Å²) in [5, 5.41) is 2.42. The molecule has 0 aliphatic heterocycles. The second kappa shape index (κ2) is 7.45. The van der Waals surface area contributed by atoms with E-state index in [0.717, 1.165) is 15.8 Å². The van der Waals surface area contributed by atoms with E-state index in [1.165, 1.54) is 0 Å². The number of alkyl halides is 3. The van der Waals surface area contributed by atoms with Gasteiger partial charge in [-0.3, -0.25) is 4.79 Å². The number of aromatic nitrogens is 1. The second-order valence-corrected chi connectivity index (χ2v) is 7.95. The summed E-state index contributed by atoms with van der Waals surface area (Å²) in [6.45, 7) is 0. The maximum atomic E-state index is 12.5. The van der Waals surface area contributed by atoms with Gasteiger partial charge in [-0.05, 0) is 62.8 Å². The summed E-state index contributed by atoms with van der Waals surface area (Å²) < 4.78 is 64.7. The van der Waals surface area contributed by atoms with Crippen LogP contribution >= 0.6 is 38.5 Å². The van der Waals surface area contributed by atoms with Gasteiger partial charge in [0.1, 0.15) is 10.2 Å². The predicted molar refractivity (Wildman–Crippen MR) is 94.7 cm³/mol. The highest BCUT2D eigenvalue weighted by Crippen LogP contribution is 2.31. The summed E-state index contributed by atoms with van der Waals surface area (Å²) >= 11 is 4.95. The number of nitrogens with zero attached hydrogens (tertiary/aromatic N) is 1. The van der Waals surface area contributed by atoms with E-state index < -0.39 is 32.8 Å². The molecular weight excluding hydrogens is 544 g/mol. The molecule has 0 bridgehead atoms. The van der Waals surface area contributed by atoms with Gasteiger partial charge in [0.2, 0.25) is 0 Å². The second-order valence-electron chi connectivity index (χ2n) is 4.42. The van der Waals surface area contributed by atoms with Crippen molar-refractivity contribution in [3.63, 3.8) is 0 Å². The fourth-order valence-corrected chi connectivity index (χ4v) is 2.91. The predicted octanol–water partition coefficient (Wildman–Crippen LogP) is 3.93. The number of hydrogen-bond donors (Lipinski definition) is 1. The zero-order valence-corrected chi connectivity index (χ0v) is 16.4. The third kappa shape index (κ3) is 4.82. The summed E-state index contributed by atoms with van der Waals surface area (Å²) in [4.78, 5) is 16.0. The molecule has 2 rings (SSSR count). The van der Waals surface area contributed by atoms with E-state index >= 15 is 0 Å². The Morgan fingerprint density at radius 3 is 2.36 bits per heavy atom. The smallest absolute Gasteiger partial charge is 0.375 e. The van der Waals surface area contributed by atoms with E-state index in [0.29, 0.717) is 5.69 Å². The van der Waals surface area contributed by atoms with Crippen molar-refractivity contribution in [3.05, 3.63) is 50.3 Å². The van der Waals surface area contributed by atoms with Gasteiger partial charge in [-0.15, -0.1) is 0 Å². The standard InChI is InChI=1S/C13H7BrF3IN2O4S/c14-11-10(12(21)20-8-3-1-7(18)2-4-8)9(5-6-19-11)24-25(22,23)13(15,16)17/h1-6H,(H,20,21). The Balaban J connectivity index is 2.37. The first kappa shape index (κ1) is 19.9. The number of hydrogen-bond acceptors (Lipinski definition) is 5. The molecule has 134 valence electrons. The molecule has 1 N–H and O–H groups in total. The van der Waals surface area contributed by atoms with Gasteiger partial charge in [0.05, 0.1) is 0 Å². The quantitative estimate of drug-likeness (QED) is 0.270. The lowest BCUT2D eigenvalue weighted by molar-refractivity contribution is -0.0500. The molecule has 0 aliphatic rings. The maximum Gasteiger partial charge on any atom is 0.534 e. The average molecular weight is 551 g/mol. The highest BCUT2D eigenvalue weighted by Gasteiger charge is 2.49. The van der Waals surface area contributed by atoms with Crippen LogP contribution in [-0.2, 0) is 10.1 Å². The number of halogens is 5. The number of amides is 1. The van der Waals surface area contributed by atoms with Crippen LogP contribution in [0.4, 0.5) is 18.9 Å². The number of anilines is 1. The van der Waals surface area contributed by atoms with Crippen molar-refractivity contribution in [3.8, 4) is 5.75 Å². The van der Waals surface area contributed by atoms with E-state index in [9.17, 15) is 26.4 Å². The Hall–Kier alpha value is -1.41. The minimum absolute atomic E-state index is 0.176. The third-order valence-electron chi connectivity index (χ3n) is 2.68. The van der Waals surface area contributed by atoms with Crippen molar-refractivity contribution in [2.75, 3.05) is 5.32 Å². The van der Waals surface area contributed by atoms with Crippen molar-refractivity contribution in [1.29, 1.82) is 0 Å². The lowest BCUT2D eigenvalue weighted by Gasteiger charge is -2.13. The number of benzene rings is 1. The van der Waals surface area contributed by atoms with Gasteiger partial charge in [0.25, 0.3) is 5.91 Å². The van der Waals surface area contributed by atoms with Gasteiger partial charge in [-0.25, -0.2) is 4.98 Å². The van der Waals surface area contributed by atoms with Crippen molar-refractivity contribution in [2.45, 2.75) is 5.51 Å². The number of carbonyl (C=O) groups excluding carboxylic acids is 1. The Morgan fingerprint density at radius 2 is 1.80 bits per heavy atom. The largest absolute Gasteiger partial charge is 0.534 e. The molecule has 0 spiro atoms. The van der Waals surface area contributed by atoms with Crippen LogP contribution in [0, 0.1) is 3.57 Å². The van der Waals surface area contributed by atoms with Crippen LogP contribution in [0.25, 0.3) is 0 Å². The number of carbonyl (C=O) groups is 1. The summed E-state index contributed by atoms with van der Waals surface area (Å²) in [5.41, 5.74) is -5.77. The average Bonchev–Trinajstić information content (AvgIpc) is 2.48. The highest BCUT2D eigenvalue weighted by molar-refractivity contribution is 14.1. The molecule has 0 unspecified atom stereocenters. The number of rotatable bonds is 4. The molecule has 0 radical (unpaired) electrons. The Bertz CT molecular complexity index is 904. The van der Waals surface area contributed by atoms with Crippen molar-refractivity contribution >= 4 is 60.2 Å². The fraction of sp³-hybridized carbons (Fsp3) is 0.0769. The first-order valence-corrected chi connectivity index (χ1v) is 9.51. The van der Waals surface area contributed by atoms with E-state index in [-0.39, 0.29) is 4.60 Å². The Morgan fingerprint density at radius 1 is 1.20 bits per heavy atom. The third-order valence-corrected chi connectivity index (χ3v) is 4.96. The van der Waals surface area contributed by atoms with Crippen LogP contribution in [0.15, 0.2) is 41.1 Å². The van der Waals surface area contributed by atoms with Crippen LogP contribution in [-0.4, -0.2) is 24.8 Å². The lowest BCUT2D eigenvalue weighted by Crippen LogP contribution is -2.29. The normalized spacial score (nSPS) is 11.9. The molecule has 25 heavy (non-hydrogen) atoms. The van der Waals surface area contributed by atoms with Gasteiger partial charge >= 0.3 is 15.6 Å². The van der Waals surface area contributed by atoms with Gasteiger partial charge < -0.3 is 9.50 Å². The Labute approximate surface area is 162 Å². The molecule has 1 aromatic carbocycles. The van der Waals surface area contributed by atoms with Crippen LogP contribution < -0.4 is 9.50 Å². The molecule has 0 atom stereocenters. The first-order valence-electron chi connectivity index (χ1n) is 6.23. The SMILES string of the molecule is O=C(Nc1ccc(I)cc1)c1c(OS(=O)(=O)C(F)(F)F)ccnc1Br. The van der Waals surface area contributed by atoms with Gasteiger partial charge in [0.15, 0.2) is 5.75 Å². The Kier molecular flexibility index (Phi) is 5.93. The number of nitrogens with one attached hydrogen (secondary N) is 1. The molecule has 1 amide bonds. The van der Waals surface area contributed by atoms with Crippen LogP contribution in [0.1, 0.15) is 10.4 Å². The molecular formula is C13H7BrF3IN2O4S. The van der Waals surface area contributed by atoms with Gasteiger partial charge in [0, 0.05) is 21.5 Å². The van der Waals surface area contributed by atoms with Crippen LogP contribution in [0.5, 0.6) is 5.75 Å². The summed E-state index contributed by atoms with van der Waals surface area (Å²) in [7, 11) is -5.93. The van der Waals surface area contributed by atoms with Gasteiger partial charge in [-0.1, -0.05) is 0 Å². The van der Waals surface area contributed by atoms with E-state index in [1.807, 2.05) is 0 Å². The van der Waals surface area contributed by atoms with Crippen LogP contribution in [0.2, 0.25) is 0 Å². The zero-order valence-electron chi connectivity index (χ0n) is 11.8. The molecule has 0 fully saturated rings. The maximum absolute atomic E-state index is 12.5. The molecule has 0 aliphatic carbocycles. The summed E-state index contributed by atoms with van der Waals surface area (Å²) in [5.74, 6) is -1.70. The fourth-order valence-electron chi connectivity index (χ4n) is 1.59. The molecule has 12 heteroatoms. The molecule has 0 saturated carbocycles. The minimum Gasteiger partial charge on any atom is -0.375 e. The molecule has 6 nitrogen and oxygen atoms in total. The van der Waals surface area contributed by atoms with E-state index in [2.05, 4.69) is 53.0 Å². The first-order chi connectivity index (χ1) is 11.5. The molecule has 1 heterocycles. The van der Waals surface area contributed by atoms with E-state index in [4.69, 9.17) is 0 Å². The lowest BCUT2D eigenvalue weighted by atomic mass is 10.2.